The molecule has 2 nitrogen and oxygen atoms in total. The van der Waals surface area contributed by atoms with Crippen molar-refractivity contribution >= 4 is 45.6 Å². The van der Waals surface area contributed by atoms with Crippen LogP contribution in [0.2, 0.25) is 10.0 Å². The van der Waals surface area contributed by atoms with Crippen molar-refractivity contribution in [3.63, 3.8) is 0 Å². The highest BCUT2D eigenvalue weighted by molar-refractivity contribution is 6.37. The molecule has 0 saturated carbocycles. The Bertz CT molecular complexity index is 825. The van der Waals surface area contributed by atoms with Crippen molar-refractivity contribution in [2.75, 3.05) is 5.32 Å². The molecule has 104 valence electrons. The predicted molar refractivity (Wildman–Crippen MR) is 88.4 cm³/mol. The Morgan fingerprint density at radius 3 is 2.48 bits per heavy atom. The van der Waals surface area contributed by atoms with Crippen LogP contribution in [-0.2, 0) is 0 Å². The first kappa shape index (κ1) is 13.9. The van der Waals surface area contributed by atoms with Gasteiger partial charge in [-0.1, -0.05) is 59.6 Å². The summed E-state index contributed by atoms with van der Waals surface area (Å²) in [5.41, 5.74) is 1.15. The summed E-state index contributed by atoms with van der Waals surface area (Å²) in [6, 6.07) is 18.4. The molecule has 1 N–H and O–H groups in total. The average Bonchev–Trinajstić information content (AvgIpc) is 2.49. The van der Waals surface area contributed by atoms with Crippen molar-refractivity contribution in [2.24, 2.45) is 0 Å². The topological polar surface area (TPSA) is 29.1 Å². The second-order valence-electron chi connectivity index (χ2n) is 4.61. The van der Waals surface area contributed by atoms with Crippen LogP contribution in [-0.4, -0.2) is 5.91 Å². The third-order valence-electron chi connectivity index (χ3n) is 3.21. The van der Waals surface area contributed by atoms with Crippen LogP contribution in [0.1, 0.15) is 10.4 Å². The number of rotatable bonds is 2. The molecule has 0 aliphatic carbocycles. The minimum atomic E-state index is -0.198. The number of amides is 1. The first-order chi connectivity index (χ1) is 10.1. The lowest BCUT2D eigenvalue weighted by molar-refractivity contribution is 0.102. The van der Waals surface area contributed by atoms with Crippen molar-refractivity contribution < 1.29 is 4.79 Å². The third-order valence-corrected chi connectivity index (χ3v) is 3.76. The number of anilines is 1. The third kappa shape index (κ3) is 2.87. The standard InChI is InChI=1S/C17H11Cl2NO/c18-12-8-9-16(15(19)10-12)20-17(21)14-7-3-5-11-4-1-2-6-13(11)14/h1-10H,(H,20,21). The van der Waals surface area contributed by atoms with E-state index < -0.39 is 0 Å². The Kier molecular flexibility index (Phi) is 3.82. The maximum atomic E-state index is 12.5. The highest BCUT2D eigenvalue weighted by Crippen LogP contribution is 2.26. The molecule has 0 bridgehead atoms. The smallest absolute Gasteiger partial charge is 0.256 e. The summed E-state index contributed by atoms with van der Waals surface area (Å²) in [5, 5.41) is 5.69. The van der Waals surface area contributed by atoms with E-state index in [-0.39, 0.29) is 5.91 Å². The van der Waals surface area contributed by atoms with Gasteiger partial charge < -0.3 is 5.32 Å². The van der Waals surface area contributed by atoms with E-state index in [0.717, 1.165) is 10.8 Å². The Labute approximate surface area is 132 Å². The van der Waals surface area contributed by atoms with E-state index in [2.05, 4.69) is 5.32 Å². The molecule has 0 spiro atoms. The number of fused-ring (bicyclic) bond motifs is 1. The highest BCUT2D eigenvalue weighted by atomic mass is 35.5. The lowest BCUT2D eigenvalue weighted by atomic mass is 10.0. The Balaban J connectivity index is 1.97. The minimum Gasteiger partial charge on any atom is -0.321 e. The quantitative estimate of drug-likeness (QED) is 0.674. The fourth-order valence-electron chi connectivity index (χ4n) is 2.20. The molecule has 0 aliphatic heterocycles. The van der Waals surface area contributed by atoms with Gasteiger partial charge in [0.05, 0.1) is 10.7 Å². The fourth-order valence-corrected chi connectivity index (χ4v) is 2.66. The monoisotopic (exact) mass is 315 g/mol. The van der Waals surface area contributed by atoms with Gasteiger partial charge in [-0.2, -0.15) is 0 Å². The molecule has 4 heteroatoms. The summed E-state index contributed by atoms with van der Waals surface area (Å²) < 4.78 is 0. The van der Waals surface area contributed by atoms with Crippen LogP contribution >= 0.6 is 23.2 Å². The molecule has 0 heterocycles. The zero-order valence-electron chi connectivity index (χ0n) is 10.9. The van der Waals surface area contributed by atoms with Gasteiger partial charge >= 0.3 is 0 Å². The SMILES string of the molecule is O=C(Nc1ccc(Cl)cc1Cl)c1cccc2ccccc12. The van der Waals surface area contributed by atoms with Crippen molar-refractivity contribution in [3.05, 3.63) is 76.3 Å². The fraction of sp³-hybridized carbons (Fsp3) is 0. The zero-order valence-corrected chi connectivity index (χ0v) is 12.4. The Morgan fingerprint density at radius 1 is 0.905 bits per heavy atom. The predicted octanol–water partition coefficient (Wildman–Crippen LogP) is 5.40. The maximum Gasteiger partial charge on any atom is 0.256 e. The largest absolute Gasteiger partial charge is 0.321 e. The maximum absolute atomic E-state index is 12.5. The van der Waals surface area contributed by atoms with Crippen molar-refractivity contribution in [3.8, 4) is 0 Å². The van der Waals surface area contributed by atoms with Crippen LogP contribution in [0, 0.1) is 0 Å². The van der Waals surface area contributed by atoms with Gasteiger partial charge in [0, 0.05) is 10.6 Å². The molecular weight excluding hydrogens is 305 g/mol. The minimum absolute atomic E-state index is 0.198. The Hall–Kier alpha value is -2.03. The molecule has 0 aromatic heterocycles. The lowest BCUT2D eigenvalue weighted by Crippen LogP contribution is -2.12. The average molecular weight is 316 g/mol. The van der Waals surface area contributed by atoms with Crippen LogP contribution < -0.4 is 5.32 Å². The van der Waals surface area contributed by atoms with Gasteiger partial charge in [0.15, 0.2) is 0 Å². The van der Waals surface area contributed by atoms with Gasteiger partial charge in [-0.15, -0.1) is 0 Å². The van der Waals surface area contributed by atoms with Crippen molar-refractivity contribution in [2.45, 2.75) is 0 Å². The van der Waals surface area contributed by atoms with Crippen LogP contribution in [0.15, 0.2) is 60.7 Å². The number of nitrogens with one attached hydrogen (secondary N) is 1. The molecule has 0 unspecified atom stereocenters. The zero-order chi connectivity index (χ0) is 14.8. The highest BCUT2D eigenvalue weighted by Gasteiger charge is 2.11. The van der Waals surface area contributed by atoms with E-state index in [1.807, 2.05) is 36.4 Å². The number of carbonyl (C=O) groups is 1. The van der Waals surface area contributed by atoms with Gasteiger partial charge in [-0.3, -0.25) is 4.79 Å². The van der Waals surface area contributed by atoms with E-state index in [1.165, 1.54) is 0 Å². The van der Waals surface area contributed by atoms with E-state index in [9.17, 15) is 4.79 Å². The molecule has 3 aromatic rings. The second-order valence-corrected chi connectivity index (χ2v) is 5.45. The van der Waals surface area contributed by atoms with Crippen molar-refractivity contribution in [1.29, 1.82) is 0 Å². The van der Waals surface area contributed by atoms with Crippen LogP contribution in [0.3, 0.4) is 0 Å². The molecule has 3 rings (SSSR count). The van der Waals surface area contributed by atoms with E-state index in [4.69, 9.17) is 23.2 Å². The first-order valence-electron chi connectivity index (χ1n) is 6.39. The van der Waals surface area contributed by atoms with Gasteiger partial charge in [0.2, 0.25) is 0 Å². The van der Waals surface area contributed by atoms with Gasteiger partial charge in [0.1, 0.15) is 0 Å². The number of halogens is 2. The van der Waals surface area contributed by atoms with Crippen LogP contribution in [0.25, 0.3) is 10.8 Å². The summed E-state index contributed by atoms with van der Waals surface area (Å²) in [6.45, 7) is 0. The molecule has 0 fully saturated rings. The second kappa shape index (κ2) is 5.76. The van der Waals surface area contributed by atoms with Crippen molar-refractivity contribution in [1.82, 2.24) is 0 Å². The summed E-state index contributed by atoms with van der Waals surface area (Å²) >= 11 is 11.9. The molecule has 3 aromatic carbocycles. The van der Waals surface area contributed by atoms with Gasteiger partial charge in [0.25, 0.3) is 5.91 Å². The normalized spacial score (nSPS) is 10.6. The van der Waals surface area contributed by atoms with E-state index >= 15 is 0 Å². The molecule has 0 saturated heterocycles. The number of carbonyl (C=O) groups excluding carboxylic acids is 1. The van der Waals surface area contributed by atoms with E-state index in [1.54, 1.807) is 24.3 Å². The molecule has 1 amide bonds. The van der Waals surface area contributed by atoms with Gasteiger partial charge in [-0.05, 0) is 35.0 Å². The molecular formula is C17H11Cl2NO. The van der Waals surface area contributed by atoms with Crippen LogP contribution in [0.5, 0.6) is 0 Å². The lowest BCUT2D eigenvalue weighted by Gasteiger charge is -2.09. The number of hydrogen-bond donors (Lipinski definition) is 1. The summed E-state index contributed by atoms with van der Waals surface area (Å²) in [5.74, 6) is -0.198. The summed E-state index contributed by atoms with van der Waals surface area (Å²) in [6.07, 6.45) is 0. The molecule has 0 aliphatic rings. The van der Waals surface area contributed by atoms with E-state index in [0.29, 0.717) is 21.3 Å². The number of hydrogen-bond acceptors (Lipinski definition) is 1. The molecule has 0 atom stereocenters. The van der Waals surface area contributed by atoms with Gasteiger partial charge in [-0.25, -0.2) is 0 Å². The summed E-state index contributed by atoms with van der Waals surface area (Å²) in [4.78, 5) is 12.5. The Morgan fingerprint density at radius 2 is 1.67 bits per heavy atom. The molecule has 0 radical (unpaired) electrons. The summed E-state index contributed by atoms with van der Waals surface area (Å²) in [7, 11) is 0. The van der Waals surface area contributed by atoms with Crippen LogP contribution in [0.4, 0.5) is 5.69 Å². The number of benzene rings is 3. The first-order valence-corrected chi connectivity index (χ1v) is 7.15. The molecule has 21 heavy (non-hydrogen) atoms.